The standard InChI is InChI=1S/C13H27NO/c1-11(15)10-14-8-5-6-12(7-9-14)13(2,3)4/h11-12,15H,5-10H2,1-4H3/t11-,12?/m1/s1. The lowest BCUT2D eigenvalue weighted by atomic mass is 9.77. The molecule has 0 aromatic rings. The molecule has 1 aliphatic rings. The summed E-state index contributed by atoms with van der Waals surface area (Å²) < 4.78 is 0. The quantitative estimate of drug-likeness (QED) is 0.762. The Morgan fingerprint density at radius 3 is 2.47 bits per heavy atom. The molecule has 2 heteroatoms. The molecule has 2 atom stereocenters. The molecule has 1 heterocycles. The van der Waals surface area contributed by atoms with E-state index < -0.39 is 0 Å². The van der Waals surface area contributed by atoms with Crippen LogP contribution in [0.15, 0.2) is 0 Å². The van der Waals surface area contributed by atoms with Gasteiger partial charge in [0, 0.05) is 6.54 Å². The molecule has 0 bridgehead atoms. The van der Waals surface area contributed by atoms with Crippen molar-refractivity contribution in [1.82, 2.24) is 4.90 Å². The van der Waals surface area contributed by atoms with Crippen molar-refractivity contribution >= 4 is 0 Å². The van der Waals surface area contributed by atoms with Crippen LogP contribution in [0.1, 0.15) is 47.0 Å². The molecule has 0 aromatic carbocycles. The van der Waals surface area contributed by atoms with E-state index >= 15 is 0 Å². The SMILES string of the molecule is C[C@@H](O)CN1CCCC(C(C)(C)C)CC1. The van der Waals surface area contributed by atoms with Crippen LogP contribution in [0.5, 0.6) is 0 Å². The number of aliphatic hydroxyl groups is 1. The van der Waals surface area contributed by atoms with Gasteiger partial charge in [-0.3, -0.25) is 0 Å². The Balaban J connectivity index is 2.42. The van der Waals surface area contributed by atoms with Gasteiger partial charge < -0.3 is 10.0 Å². The number of aliphatic hydroxyl groups excluding tert-OH is 1. The average Bonchev–Trinajstić information content (AvgIpc) is 2.27. The van der Waals surface area contributed by atoms with Crippen LogP contribution >= 0.6 is 0 Å². The van der Waals surface area contributed by atoms with Crippen molar-refractivity contribution in [3.8, 4) is 0 Å². The second-order valence-corrected chi connectivity index (χ2v) is 6.14. The highest BCUT2D eigenvalue weighted by Crippen LogP contribution is 2.34. The molecule has 0 saturated carbocycles. The molecule has 0 aromatic heterocycles. The summed E-state index contributed by atoms with van der Waals surface area (Å²) in [5.41, 5.74) is 0.445. The molecule has 15 heavy (non-hydrogen) atoms. The lowest BCUT2D eigenvalue weighted by molar-refractivity contribution is 0.125. The molecule has 1 aliphatic heterocycles. The van der Waals surface area contributed by atoms with Crippen LogP contribution in [0, 0.1) is 11.3 Å². The fourth-order valence-electron chi connectivity index (χ4n) is 2.58. The van der Waals surface area contributed by atoms with E-state index in [-0.39, 0.29) is 6.10 Å². The van der Waals surface area contributed by atoms with Gasteiger partial charge in [0.05, 0.1) is 6.10 Å². The highest BCUT2D eigenvalue weighted by atomic mass is 16.3. The van der Waals surface area contributed by atoms with Gasteiger partial charge in [-0.15, -0.1) is 0 Å². The first-order valence-electron chi connectivity index (χ1n) is 6.30. The molecule has 2 nitrogen and oxygen atoms in total. The Kier molecular flexibility index (Phi) is 4.60. The predicted octanol–water partition coefficient (Wildman–Crippen LogP) is 2.52. The zero-order valence-electron chi connectivity index (χ0n) is 10.8. The van der Waals surface area contributed by atoms with E-state index in [0.29, 0.717) is 5.41 Å². The summed E-state index contributed by atoms with van der Waals surface area (Å²) >= 11 is 0. The van der Waals surface area contributed by atoms with Gasteiger partial charge in [0.25, 0.3) is 0 Å². The van der Waals surface area contributed by atoms with Gasteiger partial charge in [-0.05, 0) is 50.6 Å². The van der Waals surface area contributed by atoms with Crippen LogP contribution in [-0.2, 0) is 0 Å². The Hall–Kier alpha value is -0.0800. The summed E-state index contributed by atoms with van der Waals surface area (Å²) in [6.45, 7) is 12.1. The number of nitrogens with zero attached hydrogens (tertiary/aromatic N) is 1. The van der Waals surface area contributed by atoms with E-state index in [2.05, 4.69) is 25.7 Å². The minimum Gasteiger partial charge on any atom is -0.392 e. The fourth-order valence-corrected chi connectivity index (χ4v) is 2.58. The van der Waals surface area contributed by atoms with E-state index in [4.69, 9.17) is 0 Å². The van der Waals surface area contributed by atoms with Crippen LogP contribution in [0.2, 0.25) is 0 Å². The second-order valence-electron chi connectivity index (χ2n) is 6.14. The average molecular weight is 213 g/mol. The van der Waals surface area contributed by atoms with Gasteiger partial charge >= 0.3 is 0 Å². The second kappa shape index (κ2) is 5.31. The van der Waals surface area contributed by atoms with Crippen molar-refractivity contribution in [2.24, 2.45) is 11.3 Å². The first kappa shape index (κ1) is 13.0. The summed E-state index contributed by atoms with van der Waals surface area (Å²) in [5, 5.41) is 9.38. The molecule has 0 radical (unpaired) electrons. The highest BCUT2D eigenvalue weighted by molar-refractivity contribution is 4.79. The lowest BCUT2D eigenvalue weighted by Crippen LogP contribution is -2.32. The number of hydrogen-bond donors (Lipinski definition) is 1. The van der Waals surface area contributed by atoms with Crippen LogP contribution in [0.4, 0.5) is 0 Å². The topological polar surface area (TPSA) is 23.5 Å². The largest absolute Gasteiger partial charge is 0.392 e. The van der Waals surface area contributed by atoms with E-state index in [9.17, 15) is 5.11 Å². The van der Waals surface area contributed by atoms with Gasteiger partial charge in [0.2, 0.25) is 0 Å². The molecular weight excluding hydrogens is 186 g/mol. The summed E-state index contributed by atoms with van der Waals surface area (Å²) in [7, 11) is 0. The predicted molar refractivity (Wildman–Crippen MR) is 64.9 cm³/mol. The van der Waals surface area contributed by atoms with E-state index in [1.165, 1.54) is 19.3 Å². The van der Waals surface area contributed by atoms with Crippen molar-refractivity contribution in [2.45, 2.75) is 53.1 Å². The van der Waals surface area contributed by atoms with Gasteiger partial charge in [-0.25, -0.2) is 0 Å². The Morgan fingerprint density at radius 1 is 1.27 bits per heavy atom. The minimum atomic E-state index is -0.184. The molecular formula is C13H27NO. The number of likely N-dealkylation sites (tertiary alicyclic amines) is 1. The van der Waals surface area contributed by atoms with Crippen LogP contribution in [0.25, 0.3) is 0 Å². The summed E-state index contributed by atoms with van der Waals surface area (Å²) in [4.78, 5) is 2.41. The molecule has 1 N–H and O–H groups in total. The first-order chi connectivity index (χ1) is 6.89. The first-order valence-corrected chi connectivity index (χ1v) is 6.30. The molecule has 1 rings (SSSR count). The van der Waals surface area contributed by atoms with Crippen LogP contribution in [-0.4, -0.2) is 35.7 Å². The van der Waals surface area contributed by atoms with Gasteiger partial charge in [0.15, 0.2) is 0 Å². The monoisotopic (exact) mass is 213 g/mol. The van der Waals surface area contributed by atoms with Crippen LogP contribution < -0.4 is 0 Å². The van der Waals surface area contributed by atoms with E-state index in [1.807, 2.05) is 6.92 Å². The minimum absolute atomic E-state index is 0.184. The summed E-state index contributed by atoms with van der Waals surface area (Å²) in [6.07, 6.45) is 3.74. The molecule has 1 saturated heterocycles. The number of hydrogen-bond acceptors (Lipinski definition) is 2. The maximum atomic E-state index is 9.38. The van der Waals surface area contributed by atoms with Crippen LogP contribution in [0.3, 0.4) is 0 Å². The molecule has 1 fully saturated rings. The molecule has 1 unspecified atom stereocenters. The van der Waals surface area contributed by atoms with Crippen molar-refractivity contribution in [3.63, 3.8) is 0 Å². The fraction of sp³-hybridized carbons (Fsp3) is 1.00. The number of β-amino-alcohol motifs (C(OH)–C–C–N with tert-alkyl or cyclic N) is 1. The Bertz CT molecular complexity index is 183. The summed E-state index contributed by atoms with van der Waals surface area (Å²) in [5.74, 6) is 0.844. The molecule has 90 valence electrons. The highest BCUT2D eigenvalue weighted by Gasteiger charge is 2.27. The normalized spacial score (nSPS) is 27.4. The molecule has 0 amide bonds. The third-order valence-electron chi connectivity index (χ3n) is 3.57. The maximum Gasteiger partial charge on any atom is 0.0639 e. The van der Waals surface area contributed by atoms with Crippen molar-refractivity contribution < 1.29 is 5.11 Å². The smallest absolute Gasteiger partial charge is 0.0639 e. The third kappa shape index (κ3) is 4.52. The maximum absolute atomic E-state index is 9.38. The van der Waals surface area contributed by atoms with Crippen molar-refractivity contribution in [3.05, 3.63) is 0 Å². The lowest BCUT2D eigenvalue weighted by Gasteiger charge is -2.30. The third-order valence-corrected chi connectivity index (χ3v) is 3.57. The summed E-state index contributed by atoms with van der Waals surface area (Å²) in [6, 6.07) is 0. The Morgan fingerprint density at radius 2 is 1.93 bits per heavy atom. The van der Waals surface area contributed by atoms with E-state index in [1.54, 1.807) is 0 Å². The van der Waals surface area contributed by atoms with Crippen molar-refractivity contribution in [1.29, 1.82) is 0 Å². The van der Waals surface area contributed by atoms with Gasteiger partial charge in [-0.2, -0.15) is 0 Å². The zero-order valence-corrected chi connectivity index (χ0v) is 10.8. The zero-order chi connectivity index (χ0) is 11.5. The van der Waals surface area contributed by atoms with E-state index in [0.717, 1.165) is 25.6 Å². The molecule has 0 aliphatic carbocycles. The Labute approximate surface area is 94.7 Å². The van der Waals surface area contributed by atoms with Gasteiger partial charge in [-0.1, -0.05) is 20.8 Å². The molecule has 0 spiro atoms. The number of rotatable bonds is 2. The van der Waals surface area contributed by atoms with Gasteiger partial charge in [0.1, 0.15) is 0 Å². The van der Waals surface area contributed by atoms with Crippen molar-refractivity contribution in [2.75, 3.05) is 19.6 Å².